The van der Waals surface area contributed by atoms with Crippen molar-refractivity contribution in [2.45, 2.75) is 44.4 Å². The molecule has 2 N–H and O–H groups in total. The summed E-state index contributed by atoms with van der Waals surface area (Å²) in [4.78, 5) is 11.5. The molecule has 1 rings (SSSR count). The first-order valence-corrected chi connectivity index (χ1v) is 6.04. The highest BCUT2D eigenvalue weighted by molar-refractivity contribution is 5.78. The molecular weight excluding hydrogens is 249 g/mol. The molecule has 1 fully saturated rings. The lowest BCUT2D eigenvalue weighted by Crippen LogP contribution is -2.45. The van der Waals surface area contributed by atoms with Gasteiger partial charge in [0.15, 0.2) is 0 Å². The van der Waals surface area contributed by atoms with Crippen LogP contribution in [0.4, 0.5) is 13.2 Å². The average molecular weight is 268 g/mol. The molecule has 1 unspecified atom stereocenters. The zero-order valence-corrected chi connectivity index (χ0v) is 10.3. The summed E-state index contributed by atoms with van der Waals surface area (Å²) in [6.45, 7) is 2.55. The van der Waals surface area contributed by atoms with Crippen molar-refractivity contribution in [1.29, 1.82) is 0 Å². The molecule has 1 atom stereocenters. The van der Waals surface area contributed by atoms with Crippen molar-refractivity contribution >= 4 is 5.91 Å². The fourth-order valence-corrected chi connectivity index (χ4v) is 1.81. The predicted octanol–water partition coefficient (Wildman–Crippen LogP) is 1.21. The van der Waals surface area contributed by atoms with Gasteiger partial charge in [0.2, 0.25) is 5.91 Å². The largest absolute Gasteiger partial charge is 0.390 e. The Morgan fingerprint density at radius 2 is 2.00 bits per heavy atom. The highest BCUT2D eigenvalue weighted by Gasteiger charge is 2.30. The summed E-state index contributed by atoms with van der Waals surface area (Å²) in [5.41, 5.74) is 0. The number of hydrogen-bond acceptors (Lipinski definition) is 3. The number of amides is 1. The summed E-state index contributed by atoms with van der Waals surface area (Å²) < 4.78 is 41.3. The lowest BCUT2D eigenvalue weighted by atomic mass is 10.1. The van der Waals surface area contributed by atoms with E-state index in [4.69, 9.17) is 4.74 Å². The van der Waals surface area contributed by atoms with Crippen LogP contribution in [0, 0.1) is 0 Å². The van der Waals surface area contributed by atoms with E-state index in [1.807, 2.05) is 0 Å². The molecule has 0 saturated carbocycles. The summed E-state index contributed by atoms with van der Waals surface area (Å²) in [6.07, 6.45) is -3.63. The van der Waals surface area contributed by atoms with E-state index in [9.17, 15) is 18.0 Å². The van der Waals surface area contributed by atoms with Crippen LogP contribution in [0.5, 0.6) is 0 Å². The van der Waals surface area contributed by atoms with Gasteiger partial charge < -0.3 is 15.4 Å². The number of carbonyl (C=O) groups excluding carboxylic acids is 1. The number of alkyl halides is 3. The number of hydrogen-bond donors (Lipinski definition) is 2. The van der Waals surface area contributed by atoms with Gasteiger partial charge >= 0.3 is 6.18 Å². The number of carbonyl (C=O) groups is 1. The van der Waals surface area contributed by atoms with Gasteiger partial charge in [-0.25, -0.2) is 0 Å². The highest BCUT2D eigenvalue weighted by Crippen LogP contribution is 2.21. The van der Waals surface area contributed by atoms with Crippen molar-refractivity contribution in [2.75, 3.05) is 19.8 Å². The lowest BCUT2D eigenvalue weighted by molar-refractivity contribution is -0.140. The normalized spacial score (nSPS) is 19.6. The molecule has 1 amide bonds. The molecule has 4 nitrogen and oxygen atoms in total. The van der Waals surface area contributed by atoms with Crippen molar-refractivity contribution in [3.05, 3.63) is 0 Å². The molecule has 106 valence electrons. The minimum Gasteiger partial charge on any atom is -0.381 e. The average Bonchev–Trinajstić information content (AvgIpc) is 2.25. The molecule has 0 bridgehead atoms. The van der Waals surface area contributed by atoms with Crippen LogP contribution in [0.3, 0.4) is 0 Å². The molecule has 0 aromatic rings. The van der Waals surface area contributed by atoms with Gasteiger partial charge in [-0.2, -0.15) is 13.2 Å². The van der Waals surface area contributed by atoms with Gasteiger partial charge in [0.1, 0.15) is 0 Å². The van der Waals surface area contributed by atoms with Crippen molar-refractivity contribution in [3.63, 3.8) is 0 Å². The third-order valence-corrected chi connectivity index (χ3v) is 2.74. The maximum absolute atomic E-state index is 12.0. The number of ether oxygens (including phenoxy) is 1. The Kier molecular flexibility index (Phi) is 5.87. The fraction of sp³-hybridized carbons (Fsp3) is 0.909. The molecule has 7 heteroatoms. The van der Waals surface area contributed by atoms with Gasteiger partial charge in [-0.1, -0.05) is 0 Å². The van der Waals surface area contributed by atoms with Crippen LogP contribution < -0.4 is 10.6 Å². The molecule has 0 spiro atoms. The maximum Gasteiger partial charge on any atom is 0.390 e. The third kappa shape index (κ3) is 6.80. The van der Waals surface area contributed by atoms with Crippen LogP contribution in [-0.2, 0) is 9.53 Å². The highest BCUT2D eigenvalue weighted by atomic mass is 19.4. The van der Waals surface area contributed by atoms with Gasteiger partial charge in [-0.3, -0.25) is 4.79 Å². The van der Waals surface area contributed by atoms with E-state index in [0.29, 0.717) is 13.2 Å². The molecule has 1 aliphatic rings. The molecule has 0 aromatic heterocycles. The van der Waals surface area contributed by atoms with Crippen LogP contribution in [0.1, 0.15) is 26.2 Å². The SMILES string of the molecule is CC(CC(F)(F)F)NCC(=O)NC1CCOCC1. The molecule has 0 radical (unpaired) electrons. The molecule has 0 aromatic carbocycles. The zero-order chi connectivity index (χ0) is 13.6. The van der Waals surface area contributed by atoms with Gasteiger partial charge in [-0.15, -0.1) is 0 Å². The van der Waals surface area contributed by atoms with Crippen LogP contribution in [-0.4, -0.2) is 43.9 Å². The van der Waals surface area contributed by atoms with Crippen LogP contribution in [0.2, 0.25) is 0 Å². The van der Waals surface area contributed by atoms with Crippen molar-refractivity contribution in [1.82, 2.24) is 10.6 Å². The van der Waals surface area contributed by atoms with Gasteiger partial charge in [0.05, 0.1) is 13.0 Å². The van der Waals surface area contributed by atoms with E-state index in [0.717, 1.165) is 12.8 Å². The lowest BCUT2D eigenvalue weighted by Gasteiger charge is -2.23. The van der Waals surface area contributed by atoms with Gasteiger partial charge in [-0.05, 0) is 19.8 Å². The fourth-order valence-electron chi connectivity index (χ4n) is 1.81. The summed E-state index contributed by atoms with van der Waals surface area (Å²) in [6, 6.07) is -0.684. The minimum atomic E-state index is -4.20. The van der Waals surface area contributed by atoms with Crippen molar-refractivity contribution < 1.29 is 22.7 Å². The Balaban J connectivity index is 2.16. The Hall–Kier alpha value is -0.820. The summed E-state index contributed by atoms with van der Waals surface area (Å²) >= 11 is 0. The summed E-state index contributed by atoms with van der Waals surface area (Å²) in [5.74, 6) is -0.268. The molecule has 18 heavy (non-hydrogen) atoms. The standard InChI is InChI=1S/C11H19F3N2O2/c1-8(6-11(12,13)14)15-7-10(17)16-9-2-4-18-5-3-9/h8-9,15H,2-7H2,1H3,(H,16,17). The van der Waals surface area contributed by atoms with Crippen LogP contribution >= 0.6 is 0 Å². The second-order valence-electron chi connectivity index (χ2n) is 4.56. The van der Waals surface area contributed by atoms with E-state index < -0.39 is 18.6 Å². The summed E-state index contributed by atoms with van der Waals surface area (Å²) in [5, 5.41) is 5.34. The second-order valence-corrected chi connectivity index (χ2v) is 4.56. The Labute approximate surface area is 104 Å². The van der Waals surface area contributed by atoms with Crippen LogP contribution in [0.15, 0.2) is 0 Å². The number of nitrogens with one attached hydrogen (secondary N) is 2. The van der Waals surface area contributed by atoms with E-state index in [-0.39, 0.29) is 18.5 Å². The maximum atomic E-state index is 12.0. The number of halogens is 3. The van der Waals surface area contributed by atoms with Gasteiger partial charge in [0, 0.05) is 25.3 Å². The second kappa shape index (κ2) is 6.94. The molecule has 1 saturated heterocycles. The Morgan fingerprint density at radius 3 is 2.56 bits per heavy atom. The monoisotopic (exact) mass is 268 g/mol. The van der Waals surface area contributed by atoms with E-state index in [2.05, 4.69) is 10.6 Å². The topological polar surface area (TPSA) is 50.4 Å². The minimum absolute atomic E-state index is 0.0750. The van der Waals surface area contributed by atoms with Crippen molar-refractivity contribution in [2.24, 2.45) is 0 Å². The van der Waals surface area contributed by atoms with Crippen molar-refractivity contribution in [3.8, 4) is 0 Å². The molecule has 1 aliphatic heterocycles. The van der Waals surface area contributed by atoms with Gasteiger partial charge in [0.25, 0.3) is 0 Å². The van der Waals surface area contributed by atoms with Crippen LogP contribution in [0.25, 0.3) is 0 Å². The predicted molar refractivity (Wildman–Crippen MR) is 60.1 cm³/mol. The molecule has 1 heterocycles. The van der Waals surface area contributed by atoms with E-state index in [1.54, 1.807) is 0 Å². The molecular formula is C11H19F3N2O2. The zero-order valence-electron chi connectivity index (χ0n) is 10.3. The first-order chi connectivity index (χ1) is 8.37. The first-order valence-electron chi connectivity index (χ1n) is 6.04. The quantitative estimate of drug-likeness (QED) is 0.788. The Morgan fingerprint density at radius 1 is 1.39 bits per heavy atom. The first kappa shape index (κ1) is 15.2. The van der Waals surface area contributed by atoms with E-state index >= 15 is 0 Å². The summed E-state index contributed by atoms with van der Waals surface area (Å²) in [7, 11) is 0. The number of rotatable bonds is 5. The smallest absolute Gasteiger partial charge is 0.381 e. The molecule has 0 aliphatic carbocycles. The van der Waals surface area contributed by atoms with E-state index in [1.165, 1.54) is 6.92 Å². The Bertz CT molecular complexity index is 266. The third-order valence-electron chi connectivity index (χ3n) is 2.74.